The number of amides is 1. The highest BCUT2D eigenvalue weighted by molar-refractivity contribution is 5.98. The average Bonchev–Trinajstić information content (AvgIpc) is 2.82. The lowest BCUT2D eigenvalue weighted by Gasteiger charge is -2.21. The molecule has 2 rings (SSSR count). The first-order chi connectivity index (χ1) is 10.7. The van der Waals surface area contributed by atoms with Gasteiger partial charge < -0.3 is 10.6 Å². The molecule has 1 amide bonds. The van der Waals surface area contributed by atoms with Crippen LogP contribution in [0.15, 0.2) is 24.3 Å². The number of alkyl halides is 3. The molecule has 1 aliphatic heterocycles. The van der Waals surface area contributed by atoms with Crippen molar-refractivity contribution < 1.29 is 22.8 Å². The number of rotatable bonds is 4. The molecule has 2 atom stereocenters. The summed E-state index contributed by atoms with van der Waals surface area (Å²) in [7, 11) is 0. The van der Waals surface area contributed by atoms with Crippen molar-refractivity contribution in [3.05, 3.63) is 35.4 Å². The fourth-order valence-electron chi connectivity index (χ4n) is 2.80. The Kier molecular flexibility index (Phi) is 5.09. The molecule has 1 aromatic carbocycles. The molecule has 0 aromatic heterocycles. The summed E-state index contributed by atoms with van der Waals surface area (Å²) in [6.45, 7) is 2.34. The van der Waals surface area contributed by atoms with E-state index in [4.69, 9.17) is 5.73 Å². The van der Waals surface area contributed by atoms with E-state index in [2.05, 4.69) is 0 Å². The molecule has 0 radical (unpaired) electrons. The van der Waals surface area contributed by atoms with Gasteiger partial charge in [-0.15, -0.1) is 0 Å². The van der Waals surface area contributed by atoms with Gasteiger partial charge in [-0.25, -0.2) is 0 Å². The number of hydrogen-bond donors (Lipinski definition) is 1. The van der Waals surface area contributed by atoms with Crippen LogP contribution < -0.4 is 5.73 Å². The highest BCUT2D eigenvalue weighted by Crippen LogP contribution is 2.29. The number of nitrogens with two attached hydrogens (primary N) is 1. The maximum Gasteiger partial charge on any atom is 0.416 e. The first-order valence-corrected chi connectivity index (χ1v) is 7.44. The Morgan fingerprint density at radius 3 is 2.57 bits per heavy atom. The highest BCUT2D eigenvalue weighted by Gasteiger charge is 2.32. The minimum atomic E-state index is -4.49. The molecule has 0 unspecified atom stereocenters. The Hall–Kier alpha value is -1.89. The number of carbonyl (C=O) groups is 2. The third kappa shape index (κ3) is 4.31. The topological polar surface area (TPSA) is 63.4 Å². The van der Waals surface area contributed by atoms with Gasteiger partial charge in [0.25, 0.3) is 0 Å². The van der Waals surface area contributed by atoms with E-state index in [1.54, 1.807) is 4.90 Å². The summed E-state index contributed by atoms with van der Waals surface area (Å²) < 4.78 is 37.9. The van der Waals surface area contributed by atoms with E-state index in [0.717, 1.165) is 12.1 Å². The van der Waals surface area contributed by atoms with Crippen LogP contribution in [0.5, 0.6) is 0 Å². The van der Waals surface area contributed by atoms with E-state index >= 15 is 0 Å². The van der Waals surface area contributed by atoms with E-state index in [0.29, 0.717) is 13.0 Å². The van der Waals surface area contributed by atoms with Gasteiger partial charge in [0, 0.05) is 37.0 Å². The Morgan fingerprint density at radius 1 is 1.30 bits per heavy atom. The molecule has 1 aliphatic rings. The van der Waals surface area contributed by atoms with Crippen LogP contribution >= 0.6 is 0 Å². The summed E-state index contributed by atoms with van der Waals surface area (Å²) in [6, 6.07) is 4.22. The van der Waals surface area contributed by atoms with Gasteiger partial charge in [-0.05, 0) is 25.5 Å². The van der Waals surface area contributed by atoms with E-state index in [1.807, 2.05) is 6.92 Å². The second kappa shape index (κ2) is 6.70. The number of nitrogens with zero attached hydrogens (tertiary/aromatic N) is 1. The normalized spacial score (nSPS) is 21.5. The number of Topliss-reactive ketones (excluding diaryl/α,β-unsaturated/α-hetero) is 1. The molecule has 1 aromatic rings. The van der Waals surface area contributed by atoms with Crippen LogP contribution in [0.3, 0.4) is 0 Å². The molecule has 0 saturated carbocycles. The molecule has 0 bridgehead atoms. The number of carbonyl (C=O) groups excluding carboxylic acids is 2. The van der Waals surface area contributed by atoms with Crippen LogP contribution in [0.4, 0.5) is 13.2 Å². The minimum absolute atomic E-state index is 0.0217. The predicted octanol–water partition coefficient (Wildman–Crippen LogP) is 2.62. The van der Waals surface area contributed by atoms with Gasteiger partial charge in [0.2, 0.25) is 5.91 Å². The average molecular weight is 328 g/mol. The molecule has 1 saturated heterocycles. The molecule has 126 valence electrons. The summed E-state index contributed by atoms with van der Waals surface area (Å²) in [5.74, 6) is -0.661. The zero-order chi connectivity index (χ0) is 17.2. The monoisotopic (exact) mass is 328 g/mol. The van der Waals surface area contributed by atoms with Crippen LogP contribution in [-0.2, 0) is 11.0 Å². The van der Waals surface area contributed by atoms with Crippen LogP contribution in [0.1, 0.15) is 42.1 Å². The second-order valence-corrected chi connectivity index (χ2v) is 5.89. The summed E-state index contributed by atoms with van der Waals surface area (Å²) >= 11 is 0. The van der Waals surface area contributed by atoms with Crippen molar-refractivity contribution in [1.29, 1.82) is 0 Å². The molecule has 23 heavy (non-hydrogen) atoms. The first-order valence-electron chi connectivity index (χ1n) is 7.44. The SMILES string of the molecule is C[C@@H]1C[C@H](N)CN1C(=O)CCC(=O)c1cccc(C(F)(F)F)c1. The van der Waals surface area contributed by atoms with Crippen molar-refractivity contribution in [2.24, 2.45) is 5.73 Å². The lowest BCUT2D eigenvalue weighted by Crippen LogP contribution is -2.35. The molecule has 1 fully saturated rings. The largest absolute Gasteiger partial charge is 0.416 e. The maximum absolute atomic E-state index is 12.6. The minimum Gasteiger partial charge on any atom is -0.338 e. The standard InChI is InChI=1S/C16H19F3N2O2/c1-10-7-13(20)9-21(10)15(23)6-5-14(22)11-3-2-4-12(8-11)16(17,18)19/h2-4,8,10,13H,5-7,9,20H2,1H3/t10-,13+/m1/s1. The van der Waals surface area contributed by atoms with Crippen LogP contribution in [0.25, 0.3) is 0 Å². The van der Waals surface area contributed by atoms with Crippen molar-refractivity contribution in [1.82, 2.24) is 4.90 Å². The summed E-state index contributed by atoms with van der Waals surface area (Å²) in [5, 5.41) is 0. The van der Waals surface area contributed by atoms with Gasteiger partial charge in [0.1, 0.15) is 0 Å². The van der Waals surface area contributed by atoms with E-state index in [-0.39, 0.29) is 36.4 Å². The van der Waals surface area contributed by atoms with Gasteiger partial charge in [-0.3, -0.25) is 9.59 Å². The predicted molar refractivity (Wildman–Crippen MR) is 78.8 cm³/mol. The van der Waals surface area contributed by atoms with Crippen molar-refractivity contribution in [2.75, 3.05) is 6.54 Å². The molecular formula is C16H19F3N2O2. The van der Waals surface area contributed by atoms with E-state index in [9.17, 15) is 22.8 Å². The van der Waals surface area contributed by atoms with Gasteiger partial charge in [0.15, 0.2) is 5.78 Å². The number of ketones is 1. The summed E-state index contributed by atoms with van der Waals surface area (Å²) in [5.41, 5.74) is 4.89. The lowest BCUT2D eigenvalue weighted by atomic mass is 10.0. The number of hydrogen-bond acceptors (Lipinski definition) is 3. The van der Waals surface area contributed by atoms with Crippen molar-refractivity contribution >= 4 is 11.7 Å². The quantitative estimate of drug-likeness (QED) is 0.864. The van der Waals surface area contributed by atoms with E-state index < -0.39 is 17.5 Å². The number of likely N-dealkylation sites (tertiary alicyclic amines) is 1. The molecule has 4 nitrogen and oxygen atoms in total. The molecule has 7 heteroatoms. The van der Waals surface area contributed by atoms with Crippen LogP contribution in [0.2, 0.25) is 0 Å². The zero-order valence-corrected chi connectivity index (χ0v) is 12.8. The van der Waals surface area contributed by atoms with Crippen LogP contribution in [-0.4, -0.2) is 35.2 Å². The van der Waals surface area contributed by atoms with Gasteiger partial charge in [-0.2, -0.15) is 13.2 Å². The fraction of sp³-hybridized carbons (Fsp3) is 0.500. The third-order valence-electron chi connectivity index (χ3n) is 4.01. The third-order valence-corrected chi connectivity index (χ3v) is 4.01. The molecule has 0 spiro atoms. The molecular weight excluding hydrogens is 309 g/mol. The fourth-order valence-corrected chi connectivity index (χ4v) is 2.80. The van der Waals surface area contributed by atoms with Crippen molar-refractivity contribution in [3.63, 3.8) is 0 Å². The maximum atomic E-state index is 12.6. The zero-order valence-electron chi connectivity index (χ0n) is 12.8. The Bertz CT molecular complexity index is 601. The molecule has 2 N–H and O–H groups in total. The molecule has 1 heterocycles. The second-order valence-electron chi connectivity index (χ2n) is 5.89. The lowest BCUT2D eigenvalue weighted by molar-refractivity contribution is -0.137. The van der Waals surface area contributed by atoms with Crippen molar-refractivity contribution in [3.8, 4) is 0 Å². The smallest absolute Gasteiger partial charge is 0.338 e. The van der Waals surface area contributed by atoms with Gasteiger partial charge >= 0.3 is 6.18 Å². The van der Waals surface area contributed by atoms with Gasteiger partial charge in [-0.1, -0.05) is 12.1 Å². The number of halogens is 3. The van der Waals surface area contributed by atoms with Gasteiger partial charge in [0.05, 0.1) is 5.56 Å². The Balaban J connectivity index is 1.96. The molecule has 0 aliphatic carbocycles. The highest BCUT2D eigenvalue weighted by atomic mass is 19.4. The summed E-state index contributed by atoms with van der Waals surface area (Å²) in [6.07, 6.45) is -3.91. The van der Waals surface area contributed by atoms with E-state index in [1.165, 1.54) is 12.1 Å². The summed E-state index contributed by atoms with van der Waals surface area (Å²) in [4.78, 5) is 25.8. The first kappa shape index (κ1) is 17.5. The Morgan fingerprint density at radius 2 is 2.00 bits per heavy atom. The Labute approximate surface area is 132 Å². The van der Waals surface area contributed by atoms with Crippen molar-refractivity contribution in [2.45, 2.75) is 44.4 Å². The van der Waals surface area contributed by atoms with Crippen LogP contribution in [0, 0.1) is 0 Å². The number of benzene rings is 1.